The number of ether oxygens (including phenoxy) is 1. The van der Waals surface area contributed by atoms with Crippen LogP contribution in [0, 0.1) is 0 Å². The second-order valence-electron chi connectivity index (χ2n) is 5.83. The fraction of sp³-hybridized carbons (Fsp3) is 0.353. The minimum Gasteiger partial charge on any atom is -0.462 e. The molecule has 1 saturated carbocycles. The van der Waals surface area contributed by atoms with Gasteiger partial charge in [-0.2, -0.15) is 5.10 Å². The summed E-state index contributed by atoms with van der Waals surface area (Å²) in [6, 6.07) is 6.25. The Morgan fingerprint density at radius 3 is 3.00 bits per heavy atom. The smallest absolute Gasteiger partial charge is 0.341 e. The van der Waals surface area contributed by atoms with Crippen molar-refractivity contribution in [1.29, 1.82) is 0 Å². The van der Waals surface area contributed by atoms with Crippen LogP contribution < -0.4 is 0 Å². The van der Waals surface area contributed by atoms with Crippen molar-refractivity contribution in [2.24, 2.45) is 0 Å². The van der Waals surface area contributed by atoms with E-state index in [1.165, 1.54) is 24.7 Å². The molecule has 0 aromatic carbocycles. The van der Waals surface area contributed by atoms with Crippen LogP contribution in [-0.4, -0.2) is 31.7 Å². The third-order valence-electron chi connectivity index (χ3n) is 4.04. The summed E-state index contributed by atoms with van der Waals surface area (Å²) >= 11 is 0. The summed E-state index contributed by atoms with van der Waals surface area (Å²) < 4.78 is 8.86. The van der Waals surface area contributed by atoms with Gasteiger partial charge < -0.3 is 9.14 Å². The summed E-state index contributed by atoms with van der Waals surface area (Å²) in [5.41, 5.74) is 3.68. The van der Waals surface area contributed by atoms with Crippen molar-refractivity contribution in [2.45, 2.75) is 32.2 Å². The van der Waals surface area contributed by atoms with E-state index in [1.54, 1.807) is 17.8 Å². The Morgan fingerprint density at radius 2 is 2.22 bits per heavy atom. The fourth-order valence-corrected chi connectivity index (χ4v) is 2.81. The predicted molar refractivity (Wildman–Crippen MR) is 84.5 cm³/mol. The lowest BCUT2D eigenvalue weighted by Crippen LogP contribution is -2.04. The van der Waals surface area contributed by atoms with Gasteiger partial charge in [-0.3, -0.25) is 4.68 Å². The van der Waals surface area contributed by atoms with Gasteiger partial charge in [0.1, 0.15) is 5.65 Å². The monoisotopic (exact) mass is 310 g/mol. The number of aromatic nitrogens is 4. The highest BCUT2D eigenvalue weighted by Gasteiger charge is 2.26. The van der Waals surface area contributed by atoms with Crippen LogP contribution in [0.4, 0.5) is 0 Å². The molecule has 0 spiro atoms. The lowest BCUT2D eigenvalue weighted by atomic mass is 10.2. The SMILES string of the molecule is CCOC(=O)c1cnn(Cc2cn3c(C4CC4)cccc3n2)c1. The van der Waals surface area contributed by atoms with E-state index in [9.17, 15) is 4.79 Å². The Labute approximate surface area is 133 Å². The highest BCUT2D eigenvalue weighted by Crippen LogP contribution is 2.40. The molecule has 23 heavy (non-hydrogen) atoms. The van der Waals surface area contributed by atoms with Crippen molar-refractivity contribution in [3.63, 3.8) is 0 Å². The number of carbonyl (C=O) groups is 1. The molecule has 6 heteroatoms. The molecule has 0 saturated heterocycles. The Morgan fingerprint density at radius 1 is 1.35 bits per heavy atom. The highest BCUT2D eigenvalue weighted by atomic mass is 16.5. The second-order valence-corrected chi connectivity index (χ2v) is 5.83. The van der Waals surface area contributed by atoms with E-state index in [4.69, 9.17) is 4.74 Å². The quantitative estimate of drug-likeness (QED) is 0.680. The lowest BCUT2D eigenvalue weighted by molar-refractivity contribution is 0.0526. The van der Waals surface area contributed by atoms with Crippen molar-refractivity contribution >= 4 is 11.6 Å². The van der Waals surface area contributed by atoms with Crippen LogP contribution in [0.5, 0.6) is 0 Å². The van der Waals surface area contributed by atoms with Gasteiger partial charge in [0, 0.05) is 18.1 Å². The topological polar surface area (TPSA) is 61.4 Å². The minimum atomic E-state index is -0.343. The fourth-order valence-electron chi connectivity index (χ4n) is 2.81. The van der Waals surface area contributed by atoms with E-state index in [0.29, 0.717) is 24.6 Å². The van der Waals surface area contributed by atoms with Gasteiger partial charge in [-0.1, -0.05) is 6.07 Å². The number of carbonyl (C=O) groups excluding carboxylic acids is 1. The molecule has 4 rings (SSSR count). The van der Waals surface area contributed by atoms with E-state index in [-0.39, 0.29) is 5.97 Å². The van der Waals surface area contributed by atoms with Crippen LogP contribution in [0.15, 0.2) is 36.8 Å². The largest absolute Gasteiger partial charge is 0.462 e. The van der Waals surface area contributed by atoms with Gasteiger partial charge in [0.15, 0.2) is 0 Å². The number of hydrogen-bond donors (Lipinski definition) is 0. The molecule has 3 aromatic rings. The number of rotatable bonds is 5. The third-order valence-corrected chi connectivity index (χ3v) is 4.04. The summed E-state index contributed by atoms with van der Waals surface area (Å²) in [6.07, 6.45) is 7.81. The first-order valence-corrected chi connectivity index (χ1v) is 7.91. The molecular weight excluding hydrogens is 292 g/mol. The molecule has 118 valence electrons. The number of pyridine rings is 1. The molecule has 0 amide bonds. The van der Waals surface area contributed by atoms with E-state index in [0.717, 1.165) is 11.3 Å². The molecule has 0 bridgehead atoms. The maximum absolute atomic E-state index is 11.7. The highest BCUT2D eigenvalue weighted by molar-refractivity contribution is 5.88. The first-order chi connectivity index (χ1) is 11.2. The molecule has 1 aliphatic carbocycles. The molecule has 3 aromatic heterocycles. The van der Waals surface area contributed by atoms with Gasteiger partial charge in [0.25, 0.3) is 0 Å². The van der Waals surface area contributed by atoms with Crippen molar-refractivity contribution in [1.82, 2.24) is 19.2 Å². The second kappa shape index (κ2) is 5.53. The zero-order chi connectivity index (χ0) is 15.8. The Balaban J connectivity index is 1.58. The summed E-state index contributed by atoms with van der Waals surface area (Å²) in [7, 11) is 0. The number of fused-ring (bicyclic) bond motifs is 1. The number of nitrogens with zero attached hydrogens (tertiary/aromatic N) is 4. The lowest BCUT2D eigenvalue weighted by Gasteiger charge is -2.01. The minimum absolute atomic E-state index is 0.343. The number of imidazole rings is 1. The van der Waals surface area contributed by atoms with Gasteiger partial charge in [0.2, 0.25) is 0 Å². The van der Waals surface area contributed by atoms with Gasteiger partial charge >= 0.3 is 5.97 Å². The van der Waals surface area contributed by atoms with Gasteiger partial charge in [-0.15, -0.1) is 0 Å². The zero-order valence-corrected chi connectivity index (χ0v) is 13.0. The molecule has 3 heterocycles. The standard InChI is InChI=1S/C17H18N4O2/c1-2-23-17(22)13-8-18-20(9-13)10-14-11-21-15(12-6-7-12)4-3-5-16(21)19-14/h3-5,8-9,11-12H,2,6-7,10H2,1H3. The molecule has 0 N–H and O–H groups in total. The van der Waals surface area contributed by atoms with Crippen LogP contribution >= 0.6 is 0 Å². The first-order valence-electron chi connectivity index (χ1n) is 7.91. The summed E-state index contributed by atoms with van der Waals surface area (Å²) in [5.74, 6) is 0.325. The van der Waals surface area contributed by atoms with E-state index in [1.807, 2.05) is 6.07 Å². The molecule has 0 aliphatic heterocycles. The number of esters is 1. The average molecular weight is 310 g/mol. The molecule has 0 atom stereocenters. The summed E-state index contributed by atoms with van der Waals surface area (Å²) in [6.45, 7) is 2.68. The van der Waals surface area contributed by atoms with Crippen molar-refractivity contribution in [3.8, 4) is 0 Å². The average Bonchev–Trinajstić information content (AvgIpc) is 3.13. The van der Waals surface area contributed by atoms with E-state index >= 15 is 0 Å². The first kappa shape index (κ1) is 14.0. The zero-order valence-electron chi connectivity index (χ0n) is 13.0. The maximum atomic E-state index is 11.7. The molecule has 0 unspecified atom stereocenters. The van der Waals surface area contributed by atoms with Crippen LogP contribution in [0.25, 0.3) is 5.65 Å². The molecule has 0 radical (unpaired) electrons. The molecule has 6 nitrogen and oxygen atoms in total. The van der Waals surface area contributed by atoms with Gasteiger partial charge in [-0.25, -0.2) is 9.78 Å². The van der Waals surface area contributed by atoms with Crippen molar-refractivity contribution in [2.75, 3.05) is 6.61 Å². The van der Waals surface area contributed by atoms with Gasteiger partial charge in [-0.05, 0) is 37.8 Å². The number of hydrogen-bond acceptors (Lipinski definition) is 4. The van der Waals surface area contributed by atoms with Crippen LogP contribution in [0.1, 0.15) is 47.4 Å². The van der Waals surface area contributed by atoms with Gasteiger partial charge in [0.05, 0.1) is 30.6 Å². The predicted octanol–water partition coefficient (Wildman–Crippen LogP) is 2.63. The Hall–Kier alpha value is -2.63. The molecule has 1 fully saturated rings. The summed E-state index contributed by atoms with van der Waals surface area (Å²) in [4.78, 5) is 16.3. The van der Waals surface area contributed by atoms with E-state index in [2.05, 4.69) is 32.8 Å². The van der Waals surface area contributed by atoms with E-state index < -0.39 is 0 Å². The Kier molecular flexibility index (Phi) is 3.37. The van der Waals surface area contributed by atoms with Crippen LogP contribution in [-0.2, 0) is 11.3 Å². The molecular formula is C17H18N4O2. The van der Waals surface area contributed by atoms with Crippen LogP contribution in [0.3, 0.4) is 0 Å². The van der Waals surface area contributed by atoms with Crippen molar-refractivity contribution in [3.05, 3.63) is 53.7 Å². The Bertz CT molecular complexity index is 860. The third kappa shape index (κ3) is 2.72. The summed E-state index contributed by atoms with van der Waals surface area (Å²) in [5, 5.41) is 4.22. The molecule has 1 aliphatic rings. The van der Waals surface area contributed by atoms with Crippen molar-refractivity contribution < 1.29 is 9.53 Å². The normalized spacial score (nSPS) is 14.3. The van der Waals surface area contributed by atoms with Crippen LogP contribution in [0.2, 0.25) is 0 Å². The maximum Gasteiger partial charge on any atom is 0.341 e.